The number of hydrogen-bond acceptors (Lipinski definition) is 2. The van der Waals surface area contributed by atoms with Gasteiger partial charge in [0.2, 0.25) is 5.91 Å². The Bertz CT molecular complexity index is 807. The van der Waals surface area contributed by atoms with Crippen LogP contribution < -0.4 is 10.6 Å². The van der Waals surface area contributed by atoms with Gasteiger partial charge in [-0.25, -0.2) is 0 Å². The lowest BCUT2D eigenvalue weighted by molar-refractivity contribution is -0.137. The molecule has 0 atom stereocenters. The van der Waals surface area contributed by atoms with Crippen LogP contribution in [-0.2, 0) is 11.0 Å². The summed E-state index contributed by atoms with van der Waals surface area (Å²) in [6.07, 6.45) is -4.63. The molecule has 2 N–H and O–H groups in total. The van der Waals surface area contributed by atoms with E-state index in [-0.39, 0.29) is 12.2 Å². The predicted octanol–water partition coefficient (Wildman–Crippen LogP) is 4.04. The molecule has 0 saturated carbocycles. The Hall–Kier alpha value is -2.54. The quantitative estimate of drug-likeness (QED) is 0.853. The van der Waals surface area contributed by atoms with Gasteiger partial charge >= 0.3 is 6.18 Å². The molecule has 0 saturated heterocycles. The topological polar surface area (TPSA) is 58.2 Å². The van der Waals surface area contributed by atoms with E-state index in [1.165, 1.54) is 6.07 Å². The van der Waals surface area contributed by atoms with Gasteiger partial charge < -0.3 is 10.6 Å². The molecule has 0 heterocycles. The first-order chi connectivity index (χ1) is 11.7. The standard InChI is InChI=1S/C17H14ClF3N2O2/c1-10-4-2-3-5-12(10)16(25)22-9-15(24)23-11-6-7-14(18)13(8-11)17(19,20)21/h2-8H,9H2,1H3,(H,22,25)(H,23,24). The minimum Gasteiger partial charge on any atom is -0.343 e. The first-order valence-electron chi connectivity index (χ1n) is 7.19. The summed E-state index contributed by atoms with van der Waals surface area (Å²) in [5.74, 6) is -1.10. The van der Waals surface area contributed by atoms with Crippen LogP contribution in [0.15, 0.2) is 42.5 Å². The number of nitrogens with one attached hydrogen (secondary N) is 2. The number of alkyl halides is 3. The second-order valence-corrected chi connectivity index (χ2v) is 5.65. The molecule has 2 rings (SSSR count). The van der Waals surface area contributed by atoms with Crippen molar-refractivity contribution < 1.29 is 22.8 Å². The van der Waals surface area contributed by atoms with E-state index in [4.69, 9.17) is 11.6 Å². The zero-order chi connectivity index (χ0) is 18.6. The number of carbonyl (C=O) groups excluding carboxylic acids is 2. The zero-order valence-electron chi connectivity index (χ0n) is 13.1. The summed E-state index contributed by atoms with van der Waals surface area (Å²) in [4.78, 5) is 23.8. The highest BCUT2D eigenvalue weighted by Gasteiger charge is 2.33. The van der Waals surface area contributed by atoms with Crippen LogP contribution in [-0.4, -0.2) is 18.4 Å². The molecule has 0 bridgehead atoms. The number of rotatable bonds is 4. The molecular weight excluding hydrogens is 357 g/mol. The predicted molar refractivity (Wildman–Crippen MR) is 88.6 cm³/mol. The number of carbonyl (C=O) groups is 2. The van der Waals surface area contributed by atoms with Gasteiger partial charge in [-0.05, 0) is 36.8 Å². The van der Waals surface area contributed by atoms with E-state index < -0.39 is 28.6 Å². The van der Waals surface area contributed by atoms with Crippen molar-refractivity contribution in [1.29, 1.82) is 0 Å². The van der Waals surface area contributed by atoms with Gasteiger partial charge in [0.25, 0.3) is 5.91 Å². The monoisotopic (exact) mass is 370 g/mol. The van der Waals surface area contributed by atoms with Crippen molar-refractivity contribution in [3.63, 3.8) is 0 Å². The van der Waals surface area contributed by atoms with Crippen LogP contribution in [0.1, 0.15) is 21.5 Å². The number of anilines is 1. The van der Waals surface area contributed by atoms with Gasteiger partial charge in [-0.1, -0.05) is 29.8 Å². The first-order valence-corrected chi connectivity index (χ1v) is 7.56. The summed E-state index contributed by atoms with van der Waals surface area (Å²) >= 11 is 5.51. The van der Waals surface area contributed by atoms with Crippen LogP contribution >= 0.6 is 11.6 Å². The lowest BCUT2D eigenvalue weighted by Crippen LogP contribution is -2.33. The summed E-state index contributed by atoms with van der Waals surface area (Å²) in [5.41, 5.74) is 0.0526. The molecule has 0 fully saturated rings. The van der Waals surface area contributed by atoms with Gasteiger partial charge in [-0.3, -0.25) is 9.59 Å². The van der Waals surface area contributed by atoms with Gasteiger partial charge in [-0.2, -0.15) is 13.2 Å². The lowest BCUT2D eigenvalue weighted by Gasteiger charge is -2.12. The molecule has 4 nitrogen and oxygen atoms in total. The Morgan fingerprint density at radius 1 is 1.12 bits per heavy atom. The SMILES string of the molecule is Cc1ccccc1C(=O)NCC(=O)Nc1ccc(Cl)c(C(F)(F)F)c1. The van der Waals surface area contributed by atoms with Crippen LogP contribution in [0.4, 0.5) is 18.9 Å². The summed E-state index contributed by atoms with van der Waals surface area (Å²) in [7, 11) is 0. The van der Waals surface area contributed by atoms with Crippen LogP contribution in [0.3, 0.4) is 0 Å². The Morgan fingerprint density at radius 2 is 1.80 bits per heavy atom. The molecule has 2 aromatic carbocycles. The van der Waals surface area contributed by atoms with E-state index in [0.29, 0.717) is 5.56 Å². The van der Waals surface area contributed by atoms with Crippen LogP contribution in [0.2, 0.25) is 5.02 Å². The Balaban J connectivity index is 1.99. The number of hydrogen-bond donors (Lipinski definition) is 2. The highest BCUT2D eigenvalue weighted by atomic mass is 35.5. The molecule has 0 aliphatic rings. The van der Waals surface area contributed by atoms with E-state index in [1.54, 1.807) is 31.2 Å². The van der Waals surface area contributed by atoms with E-state index >= 15 is 0 Å². The third-order valence-electron chi connectivity index (χ3n) is 3.35. The van der Waals surface area contributed by atoms with E-state index in [2.05, 4.69) is 10.6 Å². The minimum absolute atomic E-state index is 0.0631. The molecule has 2 amide bonds. The van der Waals surface area contributed by atoms with Crippen molar-refractivity contribution in [3.8, 4) is 0 Å². The van der Waals surface area contributed by atoms with Crippen molar-refractivity contribution in [2.45, 2.75) is 13.1 Å². The van der Waals surface area contributed by atoms with Crippen LogP contribution in [0.25, 0.3) is 0 Å². The van der Waals surface area contributed by atoms with E-state index in [0.717, 1.165) is 17.7 Å². The molecule has 2 aromatic rings. The molecule has 132 valence electrons. The first kappa shape index (κ1) is 18.8. The van der Waals surface area contributed by atoms with Gasteiger partial charge in [0.05, 0.1) is 17.1 Å². The Kier molecular flexibility index (Phi) is 5.69. The smallest absolute Gasteiger partial charge is 0.343 e. The largest absolute Gasteiger partial charge is 0.417 e. The summed E-state index contributed by atoms with van der Waals surface area (Å²) in [6.45, 7) is 1.37. The van der Waals surface area contributed by atoms with Gasteiger partial charge in [-0.15, -0.1) is 0 Å². The number of amides is 2. The van der Waals surface area contributed by atoms with Gasteiger partial charge in [0.15, 0.2) is 0 Å². The maximum absolute atomic E-state index is 12.8. The molecule has 0 aromatic heterocycles. The van der Waals surface area contributed by atoms with E-state index in [9.17, 15) is 22.8 Å². The third-order valence-corrected chi connectivity index (χ3v) is 3.68. The second kappa shape index (κ2) is 7.57. The van der Waals surface area contributed by atoms with Crippen molar-refractivity contribution in [3.05, 3.63) is 64.2 Å². The van der Waals surface area contributed by atoms with Crippen molar-refractivity contribution in [2.24, 2.45) is 0 Å². The summed E-state index contributed by atoms with van der Waals surface area (Å²) < 4.78 is 38.4. The molecular formula is C17H14ClF3N2O2. The van der Waals surface area contributed by atoms with E-state index in [1.807, 2.05) is 0 Å². The maximum Gasteiger partial charge on any atom is 0.417 e. The molecule has 0 aliphatic heterocycles. The highest BCUT2D eigenvalue weighted by Crippen LogP contribution is 2.36. The normalized spacial score (nSPS) is 11.1. The fraction of sp³-hybridized carbons (Fsp3) is 0.176. The zero-order valence-corrected chi connectivity index (χ0v) is 13.8. The second-order valence-electron chi connectivity index (χ2n) is 5.24. The Labute approximate surface area is 147 Å². The minimum atomic E-state index is -4.63. The molecule has 0 radical (unpaired) electrons. The molecule has 25 heavy (non-hydrogen) atoms. The van der Waals surface area contributed by atoms with Crippen molar-refractivity contribution in [1.82, 2.24) is 5.32 Å². The summed E-state index contributed by atoms with van der Waals surface area (Å²) in [5, 5.41) is 4.25. The van der Waals surface area contributed by atoms with Crippen LogP contribution in [0.5, 0.6) is 0 Å². The van der Waals surface area contributed by atoms with Crippen LogP contribution in [0, 0.1) is 6.92 Å². The number of halogens is 4. The molecule has 0 aliphatic carbocycles. The molecule has 8 heteroatoms. The highest BCUT2D eigenvalue weighted by molar-refractivity contribution is 6.31. The Morgan fingerprint density at radius 3 is 2.44 bits per heavy atom. The average Bonchev–Trinajstić information content (AvgIpc) is 2.54. The summed E-state index contributed by atoms with van der Waals surface area (Å²) in [6, 6.07) is 9.86. The fourth-order valence-corrected chi connectivity index (χ4v) is 2.33. The molecule has 0 spiro atoms. The van der Waals surface area contributed by atoms with Gasteiger partial charge in [0.1, 0.15) is 0 Å². The maximum atomic E-state index is 12.8. The number of benzene rings is 2. The number of aryl methyl sites for hydroxylation is 1. The van der Waals surface area contributed by atoms with Crippen molar-refractivity contribution in [2.75, 3.05) is 11.9 Å². The fourth-order valence-electron chi connectivity index (χ4n) is 2.11. The van der Waals surface area contributed by atoms with Gasteiger partial charge in [0, 0.05) is 11.3 Å². The third kappa shape index (κ3) is 4.96. The average molecular weight is 371 g/mol. The molecule has 0 unspecified atom stereocenters. The lowest BCUT2D eigenvalue weighted by atomic mass is 10.1. The van der Waals surface area contributed by atoms with Crippen molar-refractivity contribution >= 4 is 29.1 Å².